The van der Waals surface area contributed by atoms with Gasteiger partial charge in [-0.3, -0.25) is 9.59 Å². The van der Waals surface area contributed by atoms with E-state index in [1.807, 2.05) is 29.2 Å². The van der Waals surface area contributed by atoms with Crippen LogP contribution in [0.1, 0.15) is 43.1 Å². The number of piperidine rings is 1. The van der Waals surface area contributed by atoms with Crippen LogP contribution in [-0.4, -0.2) is 39.5 Å². The number of likely N-dealkylation sites (tertiary alicyclic amines) is 1. The maximum Gasteiger partial charge on any atom is 0.303 e. The highest BCUT2D eigenvalue weighted by Crippen LogP contribution is 2.25. The number of fused-ring (bicyclic) bond motifs is 1. The highest BCUT2D eigenvalue weighted by atomic mass is 16.4. The lowest BCUT2D eigenvalue weighted by Crippen LogP contribution is -2.39. The number of carboxylic acids is 1. The van der Waals surface area contributed by atoms with Crippen LogP contribution >= 0.6 is 0 Å². The molecule has 3 rings (SSSR count). The molecule has 1 fully saturated rings. The van der Waals surface area contributed by atoms with Crippen molar-refractivity contribution in [2.45, 2.75) is 39.2 Å². The van der Waals surface area contributed by atoms with Gasteiger partial charge in [-0.05, 0) is 37.3 Å². The molecule has 1 amide bonds. The topological polar surface area (TPSA) is 62.5 Å². The molecule has 1 aliphatic rings. The molecule has 1 aromatic carbocycles. The number of carbonyl (C=O) groups is 2. The van der Waals surface area contributed by atoms with Gasteiger partial charge < -0.3 is 14.6 Å². The van der Waals surface area contributed by atoms with Crippen molar-refractivity contribution in [2.24, 2.45) is 5.92 Å². The molecular formula is C19H24N2O3. The van der Waals surface area contributed by atoms with Gasteiger partial charge in [-0.1, -0.05) is 25.1 Å². The van der Waals surface area contributed by atoms with E-state index in [1.165, 1.54) is 0 Å². The van der Waals surface area contributed by atoms with E-state index in [4.69, 9.17) is 5.11 Å². The Morgan fingerprint density at radius 1 is 1.21 bits per heavy atom. The second kappa shape index (κ2) is 7.07. The number of carbonyl (C=O) groups excluding carboxylic acids is 1. The zero-order valence-corrected chi connectivity index (χ0v) is 14.1. The Morgan fingerprint density at radius 2 is 1.92 bits per heavy atom. The molecule has 0 aliphatic carbocycles. The van der Waals surface area contributed by atoms with Gasteiger partial charge in [0.05, 0.1) is 0 Å². The lowest BCUT2D eigenvalue weighted by atomic mass is 9.93. The number of benzene rings is 1. The molecule has 0 unspecified atom stereocenters. The molecule has 5 nitrogen and oxygen atoms in total. The van der Waals surface area contributed by atoms with Crippen molar-refractivity contribution in [2.75, 3.05) is 13.1 Å². The summed E-state index contributed by atoms with van der Waals surface area (Å²) in [5.74, 6) is -0.496. The van der Waals surface area contributed by atoms with Crippen LogP contribution in [-0.2, 0) is 11.3 Å². The van der Waals surface area contributed by atoms with Crippen LogP contribution in [0.2, 0.25) is 0 Å². The number of rotatable bonds is 5. The van der Waals surface area contributed by atoms with Gasteiger partial charge in [0.1, 0.15) is 5.69 Å². The standard InChI is InChI=1S/C19H24N2O3/c1-2-9-21-16-6-4-3-5-15(16)13-17(21)19(24)20-10-7-14(8-11-20)12-18(22)23/h3-6,13-14H,2,7-12H2,1H3,(H,22,23). The van der Waals surface area contributed by atoms with Crippen molar-refractivity contribution < 1.29 is 14.7 Å². The summed E-state index contributed by atoms with van der Waals surface area (Å²) in [4.78, 5) is 25.7. The lowest BCUT2D eigenvalue weighted by Gasteiger charge is -2.31. The highest BCUT2D eigenvalue weighted by molar-refractivity contribution is 5.98. The number of hydrogen-bond donors (Lipinski definition) is 1. The minimum absolute atomic E-state index is 0.0634. The summed E-state index contributed by atoms with van der Waals surface area (Å²) in [6.45, 7) is 4.22. The van der Waals surface area contributed by atoms with E-state index in [2.05, 4.69) is 17.6 Å². The lowest BCUT2D eigenvalue weighted by molar-refractivity contribution is -0.138. The van der Waals surface area contributed by atoms with E-state index in [0.717, 1.165) is 42.4 Å². The molecule has 0 spiro atoms. The van der Waals surface area contributed by atoms with Crippen molar-refractivity contribution in [1.29, 1.82) is 0 Å². The molecule has 0 atom stereocenters. The fourth-order valence-electron chi connectivity index (χ4n) is 3.60. The smallest absolute Gasteiger partial charge is 0.303 e. The summed E-state index contributed by atoms with van der Waals surface area (Å²) in [6, 6.07) is 10.1. The Morgan fingerprint density at radius 3 is 2.58 bits per heavy atom. The summed E-state index contributed by atoms with van der Waals surface area (Å²) in [6.07, 6.45) is 2.72. The largest absolute Gasteiger partial charge is 0.481 e. The van der Waals surface area contributed by atoms with Crippen molar-refractivity contribution in [3.8, 4) is 0 Å². The van der Waals surface area contributed by atoms with Crippen molar-refractivity contribution >= 4 is 22.8 Å². The monoisotopic (exact) mass is 328 g/mol. The maximum atomic E-state index is 13.0. The quantitative estimate of drug-likeness (QED) is 0.915. The minimum atomic E-state index is -0.747. The van der Waals surface area contributed by atoms with Crippen LogP contribution < -0.4 is 0 Å². The van der Waals surface area contributed by atoms with Gasteiger partial charge in [0.25, 0.3) is 5.91 Å². The summed E-state index contributed by atoms with van der Waals surface area (Å²) in [5.41, 5.74) is 1.85. The van der Waals surface area contributed by atoms with Crippen molar-refractivity contribution in [1.82, 2.24) is 9.47 Å². The number of para-hydroxylation sites is 1. The Balaban J connectivity index is 1.79. The summed E-state index contributed by atoms with van der Waals surface area (Å²) in [7, 11) is 0. The van der Waals surface area contributed by atoms with Crippen molar-refractivity contribution in [3.63, 3.8) is 0 Å². The SMILES string of the molecule is CCCn1c(C(=O)N2CCC(CC(=O)O)CC2)cc2ccccc21. The first kappa shape index (κ1) is 16.6. The fourth-order valence-corrected chi connectivity index (χ4v) is 3.60. The summed E-state index contributed by atoms with van der Waals surface area (Å²) in [5, 5.41) is 10.0. The van der Waals surface area contributed by atoms with Gasteiger partial charge in [0.15, 0.2) is 0 Å². The molecule has 1 saturated heterocycles. The number of aromatic nitrogens is 1. The summed E-state index contributed by atoms with van der Waals surface area (Å²) < 4.78 is 2.11. The summed E-state index contributed by atoms with van der Waals surface area (Å²) >= 11 is 0. The molecular weight excluding hydrogens is 304 g/mol. The minimum Gasteiger partial charge on any atom is -0.481 e. The number of hydrogen-bond acceptors (Lipinski definition) is 2. The van der Waals surface area contributed by atoms with E-state index in [9.17, 15) is 9.59 Å². The zero-order valence-electron chi connectivity index (χ0n) is 14.1. The average molecular weight is 328 g/mol. The molecule has 1 aliphatic heterocycles. The van der Waals surface area contributed by atoms with Gasteiger partial charge in [-0.2, -0.15) is 0 Å². The second-order valence-corrected chi connectivity index (χ2v) is 6.57. The van der Waals surface area contributed by atoms with Gasteiger partial charge in [-0.25, -0.2) is 0 Å². The van der Waals surface area contributed by atoms with Crippen LogP contribution in [0.3, 0.4) is 0 Å². The maximum absolute atomic E-state index is 13.0. The van der Waals surface area contributed by atoms with Crippen LogP contribution in [0.4, 0.5) is 0 Å². The third kappa shape index (κ3) is 3.30. The first-order valence-corrected chi connectivity index (χ1v) is 8.69. The second-order valence-electron chi connectivity index (χ2n) is 6.57. The third-order valence-corrected chi connectivity index (χ3v) is 4.84. The molecule has 1 aromatic heterocycles. The molecule has 2 heterocycles. The van der Waals surface area contributed by atoms with Gasteiger partial charge in [-0.15, -0.1) is 0 Å². The predicted molar refractivity (Wildman–Crippen MR) is 93.1 cm³/mol. The number of amides is 1. The van der Waals surface area contributed by atoms with E-state index in [1.54, 1.807) is 0 Å². The molecule has 128 valence electrons. The van der Waals surface area contributed by atoms with E-state index < -0.39 is 5.97 Å². The number of aryl methyl sites for hydroxylation is 1. The molecule has 5 heteroatoms. The fraction of sp³-hybridized carbons (Fsp3) is 0.474. The third-order valence-electron chi connectivity index (χ3n) is 4.84. The molecule has 0 radical (unpaired) electrons. The van der Waals surface area contributed by atoms with E-state index >= 15 is 0 Å². The molecule has 1 N–H and O–H groups in total. The van der Waals surface area contributed by atoms with Crippen LogP contribution in [0.25, 0.3) is 10.9 Å². The molecule has 2 aromatic rings. The zero-order chi connectivity index (χ0) is 17.1. The Labute approximate surface area is 141 Å². The number of aliphatic carboxylic acids is 1. The predicted octanol–water partition coefficient (Wildman–Crippen LogP) is 3.38. The first-order chi connectivity index (χ1) is 11.6. The van der Waals surface area contributed by atoms with Crippen LogP contribution in [0, 0.1) is 5.92 Å². The highest BCUT2D eigenvalue weighted by Gasteiger charge is 2.27. The van der Waals surface area contributed by atoms with Crippen LogP contribution in [0.5, 0.6) is 0 Å². The Bertz CT molecular complexity index is 742. The van der Waals surface area contributed by atoms with Gasteiger partial charge in [0, 0.05) is 37.0 Å². The molecule has 0 bridgehead atoms. The van der Waals surface area contributed by atoms with Gasteiger partial charge >= 0.3 is 5.97 Å². The Kier molecular flexibility index (Phi) is 4.88. The van der Waals surface area contributed by atoms with Crippen LogP contribution in [0.15, 0.2) is 30.3 Å². The van der Waals surface area contributed by atoms with E-state index in [0.29, 0.717) is 13.1 Å². The molecule has 24 heavy (non-hydrogen) atoms. The Hall–Kier alpha value is -2.30. The molecule has 0 saturated carbocycles. The number of carboxylic acid groups (broad SMARTS) is 1. The average Bonchev–Trinajstić information content (AvgIpc) is 2.94. The number of nitrogens with zero attached hydrogens (tertiary/aromatic N) is 2. The van der Waals surface area contributed by atoms with Gasteiger partial charge in [0.2, 0.25) is 0 Å². The van der Waals surface area contributed by atoms with Crippen molar-refractivity contribution in [3.05, 3.63) is 36.0 Å². The van der Waals surface area contributed by atoms with E-state index in [-0.39, 0.29) is 18.2 Å². The normalized spacial score (nSPS) is 15.8. The first-order valence-electron chi connectivity index (χ1n) is 8.69.